The molecule has 0 amide bonds. The molecule has 0 bridgehead atoms. The SMILES string of the molecule is CCCCc1c([O-])c([O-])cc(Br)c1Br. The minimum Gasteiger partial charge on any atom is -0.873 e. The van der Waals surface area contributed by atoms with Gasteiger partial charge < -0.3 is 10.2 Å². The molecular formula is C10H10Br2O2-2. The van der Waals surface area contributed by atoms with E-state index >= 15 is 0 Å². The lowest BCUT2D eigenvalue weighted by molar-refractivity contribution is -0.318. The summed E-state index contributed by atoms with van der Waals surface area (Å²) in [6.07, 6.45) is 2.58. The number of hydrogen-bond acceptors (Lipinski definition) is 2. The largest absolute Gasteiger partial charge is 0.873 e. The van der Waals surface area contributed by atoms with Crippen molar-refractivity contribution in [3.8, 4) is 11.5 Å². The van der Waals surface area contributed by atoms with Gasteiger partial charge in [-0.15, -0.1) is 11.5 Å². The highest BCUT2D eigenvalue weighted by atomic mass is 79.9. The standard InChI is InChI=1S/C10H12Br2O2/c1-2-3-4-6-9(12)7(11)5-8(13)10(6)14/h5,13-14H,2-4H2,1H3/p-2. The van der Waals surface area contributed by atoms with Gasteiger partial charge in [-0.25, -0.2) is 0 Å². The molecule has 0 unspecified atom stereocenters. The lowest BCUT2D eigenvalue weighted by Gasteiger charge is -2.24. The number of hydrogen-bond donors (Lipinski definition) is 0. The van der Waals surface area contributed by atoms with Crippen molar-refractivity contribution in [2.45, 2.75) is 26.2 Å². The zero-order valence-corrected chi connectivity index (χ0v) is 10.9. The number of halogens is 2. The Morgan fingerprint density at radius 1 is 1.29 bits per heavy atom. The third kappa shape index (κ3) is 2.42. The van der Waals surface area contributed by atoms with Crippen LogP contribution < -0.4 is 10.2 Å². The van der Waals surface area contributed by atoms with Crippen LogP contribution in [0.25, 0.3) is 0 Å². The minimum absolute atomic E-state index is 0.381. The second kappa shape index (κ2) is 5.03. The van der Waals surface area contributed by atoms with Crippen LogP contribution in [0.2, 0.25) is 0 Å². The summed E-state index contributed by atoms with van der Waals surface area (Å²) in [5, 5.41) is 22.7. The van der Waals surface area contributed by atoms with Gasteiger partial charge in [-0.05, 0) is 50.3 Å². The maximum absolute atomic E-state index is 11.5. The molecule has 0 N–H and O–H groups in total. The van der Waals surface area contributed by atoms with Crippen LogP contribution in [-0.4, -0.2) is 0 Å². The molecule has 1 rings (SSSR count). The Balaban J connectivity index is 3.11. The van der Waals surface area contributed by atoms with E-state index < -0.39 is 5.75 Å². The third-order valence-corrected chi connectivity index (χ3v) is 4.07. The molecule has 2 nitrogen and oxygen atoms in total. The molecule has 4 heteroatoms. The summed E-state index contributed by atoms with van der Waals surface area (Å²) < 4.78 is 1.38. The van der Waals surface area contributed by atoms with E-state index in [1.54, 1.807) is 0 Å². The van der Waals surface area contributed by atoms with Gasteiger partial charge in [0.05, 0.1) is 0 Å². The minimum atomic E-state index is -0.439. The van der Waals surface area contributed by atoms with Crippen LogP contribution in [0.5, 0.6) is 11.5 Å². The van der Waals surface area contributed by atoms with Gasteiger partial charge in [-0.3, -0.25) is 0 Å². The van der Waals surface area contributed by atoms with E-state index in [9.17, 15) is 10.2 Å². The quantitative estimate of drug-likeness (QED) is 0.859. The maximum Gasteiger partial charge on any atom is 0.0342 e. The average molecular weight is 322 g/mol. The first-order chi connectivity index (χ1) is 6.57. The highest BCUT2D eigenvalue weighted by Crippen LogP contribution is 2.37. The average Bonchev–Trinajstić information content (AvgIpc) is 2.15. The van der Waals surface area contributed by atoms with Crippen LogP contribution in [0.1, 0.15) is 25.3 Å². The van der Waals surface area contributed by atoms with Gasteiger partial charge in [-0.2, -0.15) is 0 Å². The first-order valence-corrected chi connectivity index (χ1v) is 6.01. The Hall–Kier alpha value is -0.220. The Morgan fingerprint density at radius 3 is 2.50 bits per heavy atom. The van der Waals surface area contributed by atoms with E-state index in [0.29, 0.717) is 16.5 Å². The molecule has 0 saturated heterocycles. The lowest BCUT2D eigenvalue weighted by atomic mass is 10.1. The third-order valence-electron chi connectivity index (χ3n) is 2.01. The van der Waals surface area contributed by atoms with Gasteiger partial charge in [0.1, 0.15) is 0 Å². The molecule has 1 aromatic carbocycles. The molecule has 0 heterocycles. The van der Waals surface area contributed by atoms with Crippen LogP contribution in [-0.2, 0) is 6.42 Å². The first-order valence-electron chi connectivity index (χ1n) is 4.42. The molecule has 78 valence electrons. The second-order valence-electron chi connectivity index (χ2n) is 3.08. The molecule has 0 aliphatic carbocycles. The molecule has 14 heavy (non-hydrogen) atoms. The van der Waals surface area contributed by atoms with Crippen LogP contribution in [0, 0.1) is 0 Å². The van der Waals surface area contributed by atoms with Crippen molar-refractivity contribution in [1.29, 1.82) is 0 Å². The van der Waals surface area contributed by atoms with Crippen LogP contribution >= 0.6 is 31.9 Å². The van der Waals surface area contributed by atoms with Crippen LogP contribution in [0.3, 0.4) is 0 Å². The van der Waals surface area contributed by atoms with Crippen molar-refractivity contribution >= 4 is 31.9 Å². The molecule has 0 radical (unpaired) electrons. The Kier molecular flexibility index (Phi) is 4.26. The Bertz CT molecular complexity index is 311. The van der Waals surface area contributed by atoms with Gasteiger partial charge in [0.25, 0.3) is 0 Å². The fraction of sp³-hybridized carbons (Fsp3) is 0.400. The number of benzene rings is 1. The van der Waals surface area contributed by atoms with Crippen LogP contribution in [0.15, 0.2) is 15.0 Å². The molecule has 0 atom stereocenters. The maximum atomic E-state index is 11.5. The predicted octanol–water partition coefficient (Wildman–Crippen LogP) is 2.70. The fourth-order valence-corrected chi connectivity index (χ4v) is 2.15. The first kappa shape index (κ1) is 11.9. The van der Waals surface area contributed by atoms with Crippen molar-refractivity contribution in [2.24, 2.45) is 0 Å². The summed E-state index contributed by atoms with van der Waals surface area (Å²) in [6, 6.07) is 1.31. The molecule has 0 aliphatic rings. The van der Waals surface area contributed by atoms with E-state index in [0.717, 1.165) is 17.3 Å². The van der Waals surface area contributed by atoms with Gasteiger partial charge >= 0.3 is 0 Å². The van der Waals surface area contributed by atoms with Gasteiger partial charge in [-0.1, -0.05) is 19.4 Å². The summed E-state index contributed by atoms with van der Waals surface area (Å²) >= 11 is 6.55. The topological polar surface area (TPSA) is 46.1 Å². The zero-order valence-electron chi connectivity index (χ0n) is 7.77. The molecule has 0 saturated carbocycles. The highest BCUT2D eigenvalue weighted by molar-refractivity contribution is 9.13. The van der Waals surface area contributed by atoms with E-state index in [2.05, 4.69) is 38.8 Å². The zero-order chi connectivity index (χ0) is 10.7. The van der Waals surface area contributed by atoms with Gasteiger partial charge in [0.15, 0.2) is 0 Å². The number of rotatable bonds is 3. The van der Waals surface area contributed by atoms with Crippen molar-refractivity contribution in [3.63, 3.8) is 0 Å². The summed E-state index contributed by atoms with van der Waals surface area (Å²) in [5.41, 5.74) is 0.589. The monoisotopic (exact) mass is 320 g/mol. The normalized spacial score (nSPS) is 10.5. The van der Waals surface area contributed by atoms with Crippen LogP contribution in [0.4, 0.5) is 0 Å². The Labute approximate surface area is 100 Å². The molecular weight excluding hydrogens is 312 g/mol. The number of unbranched alkanes of at least 4 members (excludes halogenated alkanes) is 1. The molecule has 0 aliphatic heterocycles. The Morgan fingerprint density at radius 2 is 1.93 bits per heavy atom. The molecule has 0 fully saturated rings. The highest BCUT2D eigenvalue weighted by Gasteiger charge is 2.05. The van der Waals surface area contributed by atoms with Gasteiger partial charge in [0, 0.05) is 8.95 Å². The second-order valence-corrected chi connectivity index (χ2v) is 4.73. The molecule has 1 aromatic rings. The fourth-order valence-electron chi connectivity index (χ4n) is 1.21. The van der Waals surface area contributed by atoms with Crippen molar-refractivity contribution in [3.05, 3.63) is 20.6 Å². The molecule has 0 aromatic heterocycles. The summed E-state index contributed by atoms with van der Waals surface area (Å²) in [4.78, 5) is 0. The van der Waals surface area contributed by atoms with E-state index in [-0.39, 0.29) is 5.75 Å². The van der Waals surface area contributed by atoms with E-state index in [1.165, 1.54) is 6.07 Å². The van der Waals surface area contributed by atoms with E-state index in [4.69, 9.17) is 0 Å². The van der Waals surface area contributed by atoms with Crippen molar-refractivity contribution in [2.75, 3.05) is 0 Å². The van der Waals surface area contributed by atoms with E-state index in [1.807, 2.05) is 0 Å². The van der Waals surface area contributed by atoms with Gasteiger partial charge in [0.2, 0.25) is 0 Å². The smallest absolute Gasteiger partial charge is 0.0342 e. The lowest BCUT2D eigenvalue weighted by Crippen LogP contribution is -2.04. The van der Waals surface area contributed by atoms with Crippen molar-refractivity contribution in [1.82, 2.24) is 0 Å². The predicted molar refractivity (Wildman–Crippen MR) is 59.3 cm³/mol. The summed E-state index contributed by atoms with van der Waals surface area (Å²) in [5.74, 6) is -0.820. The molecule has 0 spiro atoms. The summed E-state index contributed by atoms with van der Waals surface area (Å²) in [7, 11) is 0. The van der Waals surface area contributed by atoms with Crippen molar-refractivity contribution < 1.29 is 10.2 Å². The summed E-state index contributed by atoms with van der Waals surface area (Å²) in [6.45, 7) is 2.05.